The molecule has 3 aromatic rings. The van der Waals surface area contributed by atoms with Crippen molar-refractivity contribution in [2.45, 2.75) is 6.42 Å². The molecule has 2 N–H and O–H groups in total. The van der Waals surface area contributed by atoms with E-state index >= 15 is 0 Å². The van der Waals surface area contributed by atoms with Crippen LogP contribution in [0.5, 0.6) is 11.5 Å². The molecule has 3 heterocycles. The molecule has 2 aromatic carbocycles. The number of ether oxygens (including phenoxy) is 2. The second kappa shape index (κ2) is 7.05. The van der Waals surface area contributed by atoms with Gasteiger partial charge in [0.05, 0.1) is 6.54 Å². The molecule has 2 aliphatic heterocycles. The molecule has 1 amide bonds. The molecule has 0 spiro atoms. The Morgan fingerprint density at radius 3 is 2.93 bits per heavy atom. The zero-order valence-electron chi connectivity index (χ0n) is 15.4. The third kappa shape index (κ3) is 3.23. The first kappa shape index (κ1) is 16.9. The fourth-order valence-electron chi connectivity index (χ4n) is 3.81. The molecule has 6 heteroatoms. The van der Waals surface area contributed by atoms with Crippen molar-refractivity contribution in [2.75, 3.05) is 31.7 Å². The molecular weight excluding hydrogens is 354 g/mol. The minimum Gasteiger partial charge on any atom is -0.454 e. The summed E-state index contributed by atoms with van der Waals surface area (Å²) in [6.45, 7) is 2.22. The third-order valence-electron chi connectivity index (χ3n) is 5.25. The van der Waals surface area contributed by atoms with Crippen molar-refractivity contribution in [3.8, 4) is 11.5 Å². The van der Waals surface area contributed by atoms with Crippen LogP contribution in [0.15, 0.2) is 54.7 Å². The number of para-hydroxylation sites is 1. The van der Waals surface area contributed by atoms with Gasteiger partial charge in [-0.1, -0.05) is 24.3 Å². The summed E-state index contributed by atoms with van der Waals surface area (Å²) in [5.74, 6) is 1.36. The first-order valence-electron chi connectivity index (χ1n) is 9.44. The molecule has 0 fully saturated rings. The van der Waals surface area contributed by atoms with Crippen molar-refractivity contribution in [3.05, 3.63) is 60.3 Å². The lowest BCUT2D eigenvalue weighted by molar-refractivity contribution is -0.117. The van der Waals surface area contributed by atoms with Gasteiger partial charge in [-0.3, -0.25) is 9.69 Å². The first-order valence-corrected chi connectivity index (χ1v) is 9.44. The van der Waals surface area contributed by atoms with Gasteiger partial charge in [-0.25, -0.2) is 0 Å². The monoisotopic (exact) mass is 375 g/mol. The summed E-state index contributed by atoms with van der Waals surface area (Å²) >= 11 is 0. The summed E-state index contributed by atoms with van der Waals surface area (Å²) in [6.07, 6.45) is 5.24. The van der Waals surface area contributed by atoms with Crippen LogP contribution in [0.2, 0.25) is 0 Å². The van der Waals surface area contributed by atoms with Gasteiger partial charge in [0.15, 0.2) is 11.5 Å². The molecule has 5 rings (SSSR count). The number of H-pyrrole nitrogens is 1. The minimum atomic E-state index is -0.0252. The van der Waals surface area contributed by atoms with Crippen molar-refractivity contribution in [1.82, 2.24) is 9.88 Å². The Morgan fingerprint density at radius 2 is 2.04 bits per heavy atom. The average Bonchev–Trinajstić information content (AvgIpc) is 3.35. The number of aromatic amines is 1. The van der Waals surface area contributed by atoms with E-state index in [0.717, 1.165) is 30.7 Å². The number of hydrogen-bond acceptors (Lipinski definition) is 4. The lowest BCUT2D eigenvalue weighted by Gasteiger charge is -2.25. The van der Waals surface area contributed by atoms with Gasteiger partial charge >= 0.3 is 0 Å². The highest BCUT2D eigenvalue weighted by Crippen LogP contribution is 2.34. The van der Waals surface area contributed by atoms with Gasteiger partial charge in [0.2, 0.25) is 12.7 Å². The molecule has 0 saturated carbocycles. The van der Waals surface area contributed by atoms with E-state index in [-0.39, 0.29) is 12.7 Å². The molecule has 0 saturated heterocycles. The van der Waals surface area contributed by atoms with Gasteiger partial charge in [0.25, 0.3) is 0 Å². The van der Waals surface area contributed by atoms with Crippen LogP contribution < -0.4 is 14.8 Å². The van der Waals surface area contributed by atoms with Gasteiger partial charge in [0.1, 0.15) is 0 Å². The average molecular weight is 375 g/mol. The van der Waals surface area contributed by atoms with E-state index in [1.165, 1.54) is 16.5 Å². The van der Waals surface area contributed by atoms with Crippen LogP contribution >= 0.6 is 0 Å². The Balaban J connectivity index is 1.21. The van der Waals surface area contributed by atoms with E-state index in [1.54, 1.807) is 6.07 Å². The molecule has 0 bridgehead atoms. The SMILES string of the molecule is O=C(CN1CC=C(c2c[nH]c3ccccc23)CC1)Nc1ccc2c(c1)OCO2. The predicted octanol–water partition coefficient (Wildman–Crippen LogP) is 3.62. The molecular formula is C22H21N3O3. The summed E-state index contributed by atoms with van der Waals surface area (Å²) < 4.78 is 10.6. The minimum absolute atomic E-state index is 0.0252. The van der Waals surface area contributed by atoms with Crippen LogP contribution in [0.4, 0.5) is 5.69 Å². The highest BCUT2D eigenvalue weighted by Gasteiger charge is 2.18. The van der Waals surface area contributed by atoms with Crippen molar-refractivity contribution < 1.29 is 14.3 Å². The number of benzene rings is 2. The molecule has 6 nitrogen and oxygen atoms in total. The van der Waals surface area contributed by atoms with Crippen LogP contribution in [-0.2, 0) is 4.79 Å². The Bertz CT molecular complexity index is 1070. The third-order valence-corrected chi connectivity index (χ3v) is 5.25. The molecule has 142 valence electrons. The Kier molecular flexibility index (Phi) is 4.25. The maximum Gasteiger partial charge on any atom is 0.238 e. The Morgan fingerprint density at radius 1 is 1.14 bits per heavy atom. The van der Waals surface area contributed by atoms with Crippen molar-refractivity contribution in [3.63, 3.8) is 0 Å². The van der Waals surface area contributed by atoms with E-state index in [9.17, 15) is 4.79 Å². The fourth-order valence-corrected chi connectivity index (χ4v) is 3.81. The van der Waals surface area contributed by atoms with Crippen molar-refractivity contribution in [1.29, 1.82) is 0 Å². The normalized spacial score (nSPS) is 16.2. The molecule has 0 radical (unpaired) electrons. The smallest absolute Gasteiger partial charge is 0.238 e. The topological polar surface area (TPSA) is 66.6 Å². The summed E-state index contributed by atoms with van der Waals surface area (Å²) in [5.41, 5.74) is 4.48. The number of nitrogens with one attached hydrogen (secondary N) is 2. The number of nitrogens with zero attached hydrogens (tertiary/aromatic N) is 1. The van der Waals surface area contributed by atoms with E-state index in [1.807, 2.05) is 18.2 Å². The second-order valence-corrected chi connectivity index (χ2v) is 7.08. The van der Waals surface area contributed by atoms with Crippen LogP contribution in [0, 0.1) is 0 Å². The maximum atomic E-state index is 12.4. The molecule has 2 aliphatic rings. The molecule has 0 atom stereocenters. The highest BCUT2D eigenvalue weighted by molar-refractivity contribution is 5.94. The highest BCUT2D eigenvalue weighted by atomic mass is 16.7. The van der Waals surface area contributed by atoms with E-state index in [4.69, 9.17) is 9.47 Å². The number of carbonyl (C=O) groups is 1. The number of amides is 1. The van der Waals surface area contributed by atoms with Crippen molar-refractivity contribution in [2.24, 2.45) is 0 Å². The van der Waals surface area contributed by atoms with Gasteiger partial charge < -0.3 is 19.8 Å². The summed E-state index contributed by atoms with van der Waals surface area (Å²) in [4.78, 5) is 17.9. The number of rotatable bonds is 4. The van der Waals surface area contributed by atoms with Gasteiger partial charge in [0, 0.05) is 47.5 Å². The first-order chi connectivity index (χ1) is 13.8. The lowest BCUT2D eigenvalue weighted by atomic mass is 9.99. The zero-order chi connectivity index (χ0) is 18.9. The predicted molar refractivity (Wildman–Crippen MR) is 109 cm³/mol. The summed E-state index contributed by atoms with van der Waals surface area (Å²) in [7, 11) is 0. The van der Waals surface area contributed by atoms with Crippen molar-refractivity contribution >= 4 is 28.1 Å². The number of carbonyl (C=O) groups excluding carboxylic acids is 1. The van der Waals surface area contributed by atoms with Gasteiger partial charge in [-0.15, -0.1) is 0 Å². The van der Waals surface area contributed by atoms with Crippen LogP contribution in [0.25, 0.3) is 16.5 Å². The zero-order valence-corrected chi connectivity index (χ0v) is 15.4. The fraction of sp³-hybridized carbons (Fsp3) is 0.227. The summed E-state index contributed by atoms with van der Waals surface area (Å²) in [5, 5.41) is 4.19. The van der Waals surface area contributed by atoms with Crippen LogP contribution in [-0.4, -0.2) is 42.2 Å². The molecule has 1 aromatic heterocycles. The summed E-state index contributed by atoms with van der Waals surface area (Å²) in [6, 6.07) is 13.8. The standard InChI is InChI=1S/C22H21N3O3/c26-22(24-16-5-6-20-21(11-16)28-14-27-20)13-25-9-7-15(8-10-25)18-12-23-19-4-2-1-3-17(18)19/h1-7,11-12,23H,8-10,13-14H2,(H,24,26). The number of anilines is 1. The Labute approximate surface area is 162 Å². The van der Waals surface area contributed by atoms with Gasteiger partial charge in [-0.05, 0) is 30.2 Å². The number of fused-ring (bicyclic) bond motifs is 2. The maximum absolute atomic E-state index is 12.4. The molecule has 28 heavy (non-hydrogen) atoms. The number of aromatic nitrogens is 1. The molecule has 0 unspecified atom stereocenters. The lowest BCUT2D eigenvalue weighted by Crippen LogP contribution is -2.36. The van der Waals surface area contributed by atoms with E-state index in [0.29, 0.717) is 18.0 Å². The quantitative estimate of drug-likeness (QED) is 0.731. The van der Waals surface area contributed by atoms with Gasteiger partial charge in [-0.2, -0.15) is 0 Å². The van der Waals surface area contributed by atoms with E-state index in [2.05, 4.69) is 45.7 Å². The largest absolute Gasteiger partial charge is 0.454 e. The second-order valence-electron chi connectivity index (χ2n) is 7.08. The molecule has 0 aliphatic carbocycles. The number of hydrogen-bond donors (Lipinski definition) is 2. The van der Waals surface area contributed by atoms with E-state index < -0.39 is 0 Å². The Hall–Kier alpha value is -3.25. The van der Waals surface area contributed by atoms with Crippen LogP contribution in [0.1, 0.15) is 12.0 Å². The van der Waals surface area contributed by atoms with Crippen LogP contribution in [0.3, 0.4) is 0 Å².